The molecule has 0 unspecified atom stereocenters. The smallest absolute Gasteiger partial charge is 0.347 e. The molecule has 3 aromatic carbocycles. The fourth-order valence-electron chi connectivity index (χ4n) is 2.19. The summed E-state index contributed by atoms with van der Waals surface area (Å²) >= 11 is 0. The van der Waals surface area contributed by atoms with Crippen molar-refractivity contribution in [3.05, 3.63) is 71.8 Å². The SMILES string of the molecule is Cc1ccc(OC(=O)c2ccc3ccccc3c2O)cc1. The monoisotopic (exact) mass is 278 g/mol. The van der Waals surface area contributed by atoms with Gasteiger partial charge < -0.3 is 9.84 Å². The van der Waals surface area contributed by atoms with Gasteiger partial charge in [0.25, 0.3) is 0 Å². The minimum absolute atomic E-state index is 0.0507. The van der Waals surface area contributed by atoms with Crippen molar-refractivity contribution in [2.75, 3.05) is 0 Å². The second kappa shape index (κ2) is 5.29. The standard InChI is InChI=1S/C18H14O3/c1-12-6-9-14(10-7-12)21-18(20)16-11-8-13-4-2-3-5-15(13)17(16)19/h2-11,19H,1H3. The molecule has 3 rings (SSSR count). The van der Waals surface area contributed by atoms with Crippen LogP contribution in [-0.4, -0.2) is 11.1 Å². The lowest BCUT2D eigenvalue weighted by atomic mass is 10.1. The third kappa shape index (κ3) is 2.58. The molecule has 0 aromatic heterocycles. The second-order valence-electron chi connectivity index (χ2n) is 4.89. The topological polar surface area (TPSA) is 46.5 Å². The van der Waals surface area contributed by atoms with Gasteiger partial charge in [-0.15, -0.1) is 0 Å². The molecule has 0 saturated carbocycles. The number of esters is 1. The van der Waals surface area contributed by atoms with Crippen LogP contribution in [0, 0.1) is 6.92 Å². The van der Waals surface area contributed by atoms with Gasteiger partial charge >= 0.3 is 5.97 Å². The average Bonchev–Trinajstić information content (AvgIpc) is 2.50. The summed E-state index contributed by atoms with van der Waals surface area (Å²) in [5.74, 6) is -0.162. The molecule has 0 radical (unpaired) electrons. The van der Waals surface area contributed by atoms with Crippen molar-refractivity contribution in [2.45, 2.75) is 6.92 Å². The molecule has 0 spiro atoms. The van der Waals surface area contributed by atoms with E-state index < -0.39 is 5.97 Å². The molecule has 3 nitrogen and oxygen atoms in total. The maximum Gasteiger partial charge on any atom is 0.347 e. The van der Waals surface area contributed by atoms with Crippen LogP contribution < -0.4 is 4.74 Å². The first-order valence-corrected chi connectivity index (χ1v) is 6.65. The number of rotatable bonds is 2. The Morgan fingerprint density at radius 2 is 1.67 bits per heavy atom. The largest absolute Gasteiger partial charge is 0.506 e. The van der Waals surface area contributed by atoms with Gasteiger partial charge in [0.1, 0.15) is 17.1 Å². The molecule has 0 aliphatic carbocycles. The van der Waals surface area contributed by atoms with Crippen LogP contribution in [0.15, 0.2) is 60.7 Å². The van der Waals surface area contributed by atoms with E-state index in [9.17, 15) is 9.90 Å². The third-order valence-electron chi connectivity index (χ3n) is 3.35. The van der Waals surface area contributed by atoms with Gasteiger partial charge in [-0.1, -0.05) is 48.0 Å². The molecule has 3 aromatic rings. The van der Waals surface area contributed by atoms with Crippen LogP contribution in [0.2, 0.25) is 0 Å². The van der Waals surface area contributed by atoms with Gasteiger partial charge in [0.05, 0.1) is 0 Å². The number of carbonyl (C=O) groups excluding carboxylic acids is 1. The van der Waals surface area contributed by atoms with E-state index in [1.807, 2.05) is 37.3 Å². The molecule has 1 N–H and O–H groups in total. The quantitative estimate of drug-likeness (QED) is 0.567. The zero-order valence-corrected chi connectivity index (χ0v) is 11.5. The lowest BCUT2D eigenvalue weighted by Crippen LogP contribution is -2.08. The van der Waals surface area contributed by atoms with Crippen LogP contribution in [0.25, 0.3) is 10.8 Å². The first-order valence-electron chi connectivity index (χ1n) is 6.65. The first-order chi connectivity index (χ1) is 10.1. The molecule has 0 amide bonds. The van der Waals surface area contributed by atoms with E-state index in [4.69, 9.17) is 4.74 Å². The van der Waals surface area contributed by atoms with Crippen molar-refractivity contribution in [2.24, 2.45) is 0 Å². The van der Waals surface area contributed by atoms with E-state index in [1.54, 1.807) is 30.3 Å². The van der Waals surface area contributed by atoms with E-state index in [0.29, 0.717) is 11.1 Å². The highest BCUT2D eigenvalue weighted by Gasteiger charge is 2.15. The lowest BCUT2D eigenvalue weighted by Gasteiger charge is -2.08. The summed E-state index contributed by atoms with van der Waals surface area (Å²) in [5, 5.41) is 11.8. The van der Waals surface area contributed by atoms with Crippen LogP contribution >= 0.6 is 0 Å². The van der Waals surface area contributed by atoms with Crippen molar-refractivity contribution in [1.29, 1.82) is 0 Å². The minimum atomic E-state index is -0.567. The summed E-state index contributed by atoms with van der Waals surface area (Å²) in [5.41, 5.74) is 1.25. The molecule has 0 saturated heterocycles. The van der Waals surface area contributed by atoms with Crippen LogP contribution in [0.1, 0.15) is 15.9 Å². The summed E-state index contributed by atoms with van der Waals surface area (Å²) < 4.78 is 5.29. The van der Waals surface area contributed by atoms with E-state index in [2.05, 4.69) is 0 Å². The second-order valence-corrected chi connectivity index (χ2v) is 4.89. The van der Waals surface area contributed by atoms with Crippen molar-refractivity contribution in [1.82, 2.24) is 0 Å². The van der Waals surface area contributed by atoms with Gasteiger partial charge in [0.15, 0.2) is 0 Å². The van der Waals surface area contributed by atoms with E-state index in [0.717, 1.165) is 10.9 Å². The van der Waals surface area contributed by atoms with Crippen molar-refractivity contribution in [3.8, 4) is 11.5 Å². The van der Waals surface area contributed by atoms with Gasteiger partial charge in [0.2, 0.25) is 0 Å². The van der Waals surface area contributed by atoms with Gasteiger partial charge in [-0.3, -0.25) is 0 Å². The zero-order valence-electron chi connectivity index (χ0n) is 11.5. The lowest BCUT2D eigenvalue weighted by molar-refractivity contribution is 0.0732. The third-order valence-corrected chi connectivity index (χ3v) is 3.35. The number of hydrogen-bond acceptors (Lipinski definition) is 3. The Balaban J connectivity index is 1.94. The number of benzene rings is 3. The molecule has 0 atom stereocenters. The fourth-order valence-corrected chi connectivity index (χ4v) is 2.19. The number of carbonyl (C=O) groups is 1. The van der Waals surface area contributed by atoms with E-state index in [1.165, 1.54) is 0 Å². The zero-order chi connectivity index (χ0) is 14.8. The number of fused-ring (bicyclic) bond motifs is 1. The van der Waals surface area contributed by atoms with Gasteiger partial charge in [-0.05, 0) is 30.5 Å². The number of phenolic OH excluding ortho intramolecular Hbond substituents is 1. The van der Waals surface area contributed by atoms with Crippen LogP contribution in [0.3, 0.4) is 0 Å². The van der Waals surface area contributed by atoms with Crippen molar-refractivity contribution >= 4 is 16.7 Å². The van der Waals surface area contributed by atoms with Crippen LogP contribution in [0.5, 0.6) is 11.5 Å². The molecule has 0 bridgehead atoms. The highest BCUT2D eigenvalue weighted by atomic mass is 16.5. The highest BCUT2D eigenvalue weighted by molar-refractivity contribution is 6.01. The molecule has 104 valence electrons. The summed E-state index contributed by atoms with van der Waals surface area (Å²) in [4.78, 5) is 12.2. The Bertz CT molecular complexity index is 804. The molecule has 21 heavy (non-hydrogen) atoms. The average molecular weight is 278 g/mol. The van der Waals surface area contributed by atoms with Gasteiger partial charge in [-0.2, -0.15) is 0 Å². The summed E-state index contributed by atoms with van der Waals surface area (Å²) in [7, 11) is 0. The molecule has 0 aliphatic heterocycles. The number of hydrogen-bond donors (Lipinski definition) is 1. The van der Waals surface area contributed by atoms with Gasteiger partial charge in [0, 0.05) is 5.39 Å². The molecule has 0 aliphatic rings. The van der Waals surface area contributed by atoms with E-state index in [-0.39, 0.29) is 11.3 Å². The predicted octanol–water partition coefficient (Wildman–Crippen LogP) is 4.07. The summed E-state index contributed by atoms with van der Waals surface area (Å²) in [6.45, 7) is 1.96. The summed E-state index contributed by atoms with van der Waals surface area (Å²) in [6.07, 6.45) is 0. The molecular weight excluding hydrogens is 264 g/mol. The molecule has 0 fully saturated rings. The number of ether oxygens (including phenoxy) is 1. The maximum atomic E-state index is 12.2. The minimum Gasteiger partial charge on any atom is -0.506 e. The Kier molecular flexibility index (Phi) is 3.32. The normalized spacial score (nSPS) is 10.5. The Hall–Kier alpha value is -2.81. The number of aryl methyl sites for hydroxylation is 1. The highest BCUT2D eigenvalue weighted by Crippen LogP contribution is 2.29. The maximum absolute atomic E-state index is 12.2. The number of aromatic hydroxyl groups is 1. The fraction of sp³-hybridized carbons (Fsp3) is 0.0556. The molecular formula is C18H14O3. The Morgan fingerprint density at radius 1 is 0.952 bits per heavy atom. The predicted molar refractivity (Wildman–Crippen MR) is 81.8 cm³/mol. The molecule has 0 heterocycles. The van der Waals surface area contributed by atoms with Crippen molar-refractivity contribution < 1.29 is 14.6 Å². The Labute approximate surface area is 122 Å². The number of phenols is 1. The molecule has 3 heteroatoms. The van der Waals surface area contributed by atoms with E-state index >= 15 is 0 Å². The Morgan fingerprint density at radius 3 is 2.43 bits per heavy atom. The van der Waals surface area contributed by atoms with Crippen molar-refractivity contribution in [3.63, 3.8) is 0 Å². The van der Waals surface area contributed by atoms with Crippen LogP contribution in [-0.2, 0) is 0 Å². The van der Waals surface area contributed by atoms with Gasteiger partial charge in [-0.25, -0.2) is 4.79 Å². The first kappa shape index (κ1) is 13.2. The summed E-state index contributed by atoms with van der Waals surface area (Å²) in [6, 6.07) is 17.9. The van der Waals surface area contributed by atoms with Crippen LogP contribution in [0.4, 0.5) is 0 Å².